The zero-order valence-corrected chi connectivity index (χ0v) is 11.6. The van der Waals surface area contributed by atoms with Crippen molar-refractivity contribution in [2.24, 2.45) is 5.73 Å². The molecule has 2 heteroatoms. The van der Waals surface area contributed by atoms with E-state index in [4.69, 9.17) is 10.5 Å². The first-order valence-corrected chi connectivity index (χ1v) is 6.64. The molecule has 2 aromatic carbocycles. The summed E-state index contributed by atoms with van der Waals surface area (Å²) in [5, 5.41) is 0. The standard InChI is InChI=1S/C17H21NO/c1-13(18)10-15-8-9-17(19-2)16(12-15)11-14-6-4-3-5-7-14/h3-9,12-13H,10-11,18H2,1-2H3. The van der Waals surface area contributed by atoms with Crippen LogP contribution in [0.4, 0.5) is 0 Å². The van der Waals surface area contributed by atoms with Crippen LogP contribution >= 0.6 is 0 Å². The maximum absolute atomic E-state index is 5.87. The van der Waals surface area contributed by atoms with Crippen molar-refractivity contribution in [1.82, 2.24) is 0 Å². The fourth-order valence-electron chi connectivity index (χ4n) is 2.28. The van der Waals surface area contributed by atoms with Crippen molar-refractivity contribution in [2.75, 3.05) is 7.11 Å². The number of nitrogens with two attached hydrogens (primary N) is 1. The van der Waals surface area contributed by atoms with Gasteiger partial charge in [0.25, 0.3) is 0 Å². The minimum absolute atomic E-state index is 0.179. The van der Waals surface area contributed by atoms with Gasteiger partial charge in [0, 0.05) is 12.5 Å². The second-order valence-corrected chi connectivity index (χ2v) is 4.99. The fraction of sp³-hybridized carbons (Fsp3) is 0.294. The number of ether oxygens (including phenoxy) is 1. The number of hydrogen-bond acceptors (Lipinski definition) is 2. The quantitative estimate of drug-likeness (QED) is 0.890. The molecule has 0 amide bonds. The van der Waals surface area contributed by atoms with E-state index in [1.54, 1.807) is 7.11 Å². The van der Waals surface area contributed by atoms with Crippen molar-refractivity contribution >= 4 is 0 Å². The molecule has 100 valence electrons. The molecule has 0 saturated carbocycles. The van der Waals surface area contributed by atoms with Gasteiger partial charge in [0.2, 0.25) is 0 Å². The summed E-state index contributed by atoms with van der Waals surface area (Å²) in [6.45, 7) is 2.03. The Balaban J connectivity index is 2.26. The van der Waals surface area contributed by atoms with Gasteiger partial charge in [-0.05, 0) is 36.1 Å². The van der Waals surface area contributed by atoms with Gasteiger partial charge in [0.1, 0.15) is 5.75 Å². The van der Waals surface area contributed by atoms with Gasteiger partial charge >= 0.3 is 0 Å². The molecule has 0 spiro atoms. The third kappa shape index (κ3) is 3.83. The van der Waals surface area contributed by atoms with Gasteiger partial charge < -0.3 is 10.5 Å². The third-order valence-electron chi connectivity index (χ3n) is 3.14. The Kier molecular flexibility index (Phi) is 4.58. The Morgan fingerprint density at radius 3 is 2.42 bits per heavy atom. The molecule has 1 unspecified atom stereocenters. The van der Waals surface area contributed by atoms with E-state index in [9.17, 15) is 0 Å². The maximum atomic E-state index is 5.87. The Morgan fingerprint density at radius 2 is 1.79 bits per heavy atom. The molecule has 2 rings (SSSR count). The van der Waals surface area contributed by atoms with Crippen LogP contribution in [0.1, 0.15) is 23.6 Å². The summed E-state index contributed by atoms with van der Waals surface area (Å²) in [7, 11) is 1.72. The summed E-state index contributed by atoms with van der Waals surface area (Å²) >= 11 is 0. The van der Waals surface area contributed by atoms with Crippen LogP contribution in [0.3, 0.4) is 0 Å². The molecule has 19 heavy (non-hydrogen) atoms. The molecular weight excluding hydrogens is 234 g/mol. The highest BCUT2D eigenvalue weighted by Gasteiger charge is 2.07. The molecule has 0 aliphatic rings. The molecule has 0 bridgehead atoms. The van der Waals surface area contributed by atoms with E-state index in [0.717, 1.165) is 18.6 Å². The SMILES string of the molecule is COc1ccc(CC(C)N)cc1Cc1ccccc1. The zero-order valence-electron chi connectivity index (χ0n) is 11.6. The van der Waals surface area contributed by atoms with E-state index in [2.05, 4.69) is 36.4 Å². The smallest absolute Gasteiger partial charge is 0.122 e. The molecule has 2 N–H and O–H groups in total. The van der Waals surface area contributed by atoms with Crippen LogP contribution in [0, 0.1) is 0 Å². The molecule has 0 radical (unpaired) electrons. The lowest BCUT2D eigenvalue weighted by Crippen LogP contribution is -2.17. The van der Waals surface area contributed by atoms with Gasteiger partial charge in [-0.3, -0.25) is 0 Å². The Morgan fingerprint density at radius 1 is 1.05 bits per heavy atom. The topological polar surface area (TPSA) is 35.2 Å². The van der Waals surface area contributed by atoms with Crippen LogP contribution in [-0.4, -0.2) is 13.2 Å². The highest BCUT2D eigenvalue weighted by atomic mass is 16.5. The van der Waals surface area contributed by atoms with E-state index in [1.807, 2.05) is 19.1 Å². The summed E-state index contributed by atoms with van der Waals surface area (Å²) in [5.74, 6) is 0.942. The van der Waals surface area contributed by atoms with Crippen LogP contribution in [0.25, 0.3) is 0 Å². The second-order valence-electron chi connectivity index (χ2n) is 4.99. The summed E-state index contributed by atoms with van der Waals surface area (Å²) in [6, 6.07) is 16.9. The van der Waals surface area contributed by atoms with Crippen molar-refractivity contribution in [3.05, 3.63) is 65.2 Å². The van der Waals surface area contributed by atoms with E-state index in [0.29, 0.717) is 0 Å². The molecule has 2 nitrogen and oxygen atoms in total. The Hall–Kier alpha value is -1.80. The number of rotatable bonds is 5. The molecule has 0 aliphatic carbocycles. The number of benzene rings is 2. The lowest BCUT2D eigenvalue weighted by molar-refractivity contribution is 0.410. The highest BCUT2D eigenvalue weighted by molar-refractivity contribution is 5.40. The predicted octanol–water partition coefficient (Wildman–Crippen LogP) is 3.18. The van der Waals surface area contributed by atoms with Gasteiger partial charge in [-0.2, -0.15) is 0 Å². The van der Waals surface area contributed by atoms with E-state index >= 15 is 0 Å². The minimum Gasteiger partial charge on any atom is -0.496 e. The molecule has 0 fully saturated rings. The summed E-state index contributed by atoms with van der Waals surface area (Å²) in [5.41, 5.74) is 9.64. The largest absolute Gasteiger partial charge is 0.496 e. The van der Waals surface area contributed by atoms with Crippen LogP contribution in [0.2, 0.25) is 0 Å². The van der Waals surface area contributed by atoms with Gasteiger partial charge in [-0.1, -0.05) is 42.5 Å². The fourth-order valence-corrected chi connectivity index (χ4v) is 2.28. The third-order valence-corrected chi connectivity index (χ3v) is 3.14. The van der Waals surface area contributed by atoms with Gasteiger partial charge in [-0.25, -0.2) is 0 Å². The minimum atomic E-state index is 0.179. The average Bonchev–Trinajstić information content (AvgIpc) is 2.39. The van der Waals surface area contributed by atoms with E-state index in [-0.39, 0.29) is 6.04 Å². The van der Waals surface area contributed by atoms with Gasteiger partial charge in [0.15, 0.2) is 0 Å². The van der Waals surface area contributed by atoms with Crippen LogP contribution < -0.4 is 10.5 Å². The van der Waals surface area contributed by atoms with Crippen molar-refractivity contribution in [3.8, 4) is 5.75 Å². The summed E-state index contributed by atoms with van der Waals surface area (Å²) in [6.07, 6.45) is 1.78. The van der Waals surface area contributed by atoms with E-state index in [1.165, 1.54) is 16.7 Å². The molecule has 0 saturated heterocycles. The maximum Gasteiger partial charge on any atom is 0.122 e. The second kappa shape index (κ2) is 6.39. The zero-order chi connectivity index (χ0) is 13.7. The van der Waals surface area contributed by atoms with Crippen LogP contribution in [0.5, 0.6) is 5.75 Å². The highest BCUT2D eigenvalue weighted by Crippen LogP contribution is 2.23. The Bertz CT molecular complexity index is 520. The molecule has 1 atom stereocenters. The molecular formula is C17H21NO. The van der Waals surface area contributed by atoms with Crippen LogP contribution in [0.15, 0.2) is 48.5 Å². The molecule has 0 aliphatic heterocycles. The molecule has 2 aromatic rings. The summed E-state index contributed by atoms with van der Waals surface area (Å²) < 4.78 is 5.45. The molecule has 0 aromatic heterocycles. The number of methoxy groups -OCH3 is 1. The Labute approximate surface area is 115 Å². The number of hydrogen-bond donors (Lipinski definition) is 1. The van der Waals surface area contributed by atoms with Crippen LogP contribution in [-0.2, 0) is 12.8 Å². The van der Waals surface area contributed by atoms with Crippen molar-refractivity contribution in [2.45, 2.75) is 25.8 Å². The lowest BCUT2D eigenvalue weighted by atomic mass is 9.99. The first-order chi connectivity index (χ1) is 9.19. The monoisotopic (exact) mass is 255 g/mol. The summed E-state index contributed by atoms with van der Waals surface area (Å²) in [4.78, 5) is 0. The van der Waals surface area contributed by atoms with E-state index < -0.39 is 0 Å². The predicted molar refractivity (Wildman–Crippen MR) is 79.6 cm³/mol. The van der Waals surface area contributed by atoms with Gasteiger partial charge in [-0.15, -0.1) is 0 Å². The van der Waals surface area contributed by atoms with Gasteiger partial charge in [0.05, 0.1) is 7.11 Å². The van der Waals surface area contributed by atoms with Crippen molar-refractivity contribution in [3.63, 3.8) is 0 Å². The van der Waals surface area contributed by atoms with Crippen molar-refractivity contribution < 1.29 is 4.74 Å². The first-order valence-electron chi connectivity index (χ1n) is 6.64. The molecule has 0 heterocycles. The van der Waals surface area contributed by atoms with Crippen molar-refractivity contribution in [1.29, 1.82) is 0 Å². The average molecular weight is 255 g/mol. The lowest BCUT2D eigenvalue weighted by Gasteiger charge is -2.12. The first kappa shape index (κ1) is 13.6. The normalized spacial score (nSPS) is 12.2.